The highest BCUT2D eigenvalue weighted by Crippen LogP contribution is 2.23. The Labute approximate surface area is 181 Å². The number of hydrogen-bond donors (Lipinski definition) is 3. The molecule has 9 nitrogen and oxygen atoms in total. The lowest BCUT2D eigenvalue weighted by Crippen LogP contribution is -2.60. The van der Waals surface area contributed by atoms with Gasteiger partial charge in [-0.3, -0.25) is 9.59 Å². The topological polar surface area (TPSA) is 112 Å². The average molecular weight is 449 g/mol. The van der Waals surface area contributed by atoms with Crippen molar-refractivity contribution < 1.29 is 14.7 Å². The molecule has 2 aromatic rings. The highest BCUT2D eigenvalue weighted by atomic mass is 35.5. The molecule has 3 rings (SSSR count). The standard InChI is InChI=1S/C19H25ClN6O3Si/c1-5-16(28)26-9-11(10-26)23-18(29)13-7-21-15(25(13)2)8-22-17-14(27)6-12(20)19(24-17)30(3)4/h5-7,11,27,30H,1,8-10H2,2-4H3,(H,22,24)(H,23,29). The maximum Gasteiger partial charge on any atom is 0.269 e. The van der Waals surface area contributed by atoms with Crippen molar-refractivity contribution in [3.05, 3.63) is 41.5 Å². The number of rotatable bonds is 7. The molecule has 0 saturated carbocycles. The molecule has 1 aliphatic heterocycles. The summed E-state index contributed by atoms with van der Waals surface area (Å²) in [6, 6.07) is 1.40. The molecule has 0 aromatic carbocycles. The second-order valence-corrected chi connectivity index (χ2v) is 10.7. The van der Waals surface area contributed by atoms with Gasteiger partial charge < -0.3 is 25.2 Å². The third kappa shape index (κ3) is 4.49. The fraction of sp³-hybridized carbons (Fsp3) is 0.368. The Morgan fingerprint density at radius 1 is 1.43 bits per heavy atom. The van der Waals surface area contributed by atoms with Crippen LogP contribution in [0.25, 0.3) is 0 Å². The summed E-state index contributed by atoms with van der Waals surface area (Å²) in [7, 11) is 0.487. The number of pyridine rings is 1. The van der Waals surface area contributed by atoms with Gasteiger partial charge in [0.05, 0.1) is 32.6 Å². The number of imidazole rings is 1. The zero-order valence-electron chi connectivity index (χ0n) is 17.1. The van der Waals surface area contributed by atoms with Crippen LogP contribution in [0.5, 0.6) is 5.75 Å². The van der Waals surface area contributed by atoms with E-state index in [0.717, 1.165) is 5.32 Å². The predicted octanol–water partition coefficient (Wildman–Crippen LogP) is 0.606. The number of hydrogen-bond acceptors (Lipinski definition) is 6. The summed E-state index contributed by atoms with van der Waals surface area (Å²) in [5.41, 5.74) is 0.406. The zero-order chi connectivity index (χ0) is 22.0. The second-order valence-electron chi connectivity index (χ2n) is 7.47. The maximum absolute atomic E-state index is 12.5. The number of carbonyl (C=O) groups is 2. The number of nitrogens with one attached hydrogen (secondary N) is 2. The summed E-state index contributed by atoms with van der Waals surface area (Å²) >= 11 is 6.17. The highest BCUT2D eigenvalue weighted by molar-refractivity contribution is 6.72. The van der Waals surface area contributed by atoms with E-state index >= 15 is 0 Å². The van der Waals surface area contributed by atoms with Crippen LogP contribution in [0.15, 0.2) is 24.9 Å². The summed E-state index contributed by atoms with van der Waals surface area (Å²) < 4.78 is 1.68. The number of likely N-dealkylation sites (tertiary alicyclic amines) is 1. The van der Waals surface area contributed by atoms with Crippen molar-refractivity contribution in [2.24, 2.45) is 7.05 Å². The van der Waals surface area contributed by atoms with Gasteiger partial charge in [-0.2, -0.15) is 0 Å². The van der Waals surface area contributed by atoms with E-state index in [1.165, 1.54) is 18.3 Å². The van der Waals surface area contributed by atoms with Gasteiger partial charge in [0.1, 0.15) is 11.5 Å². The number of aromatic nitrogens is 3. The SMILES string of the molecule is C=CC(=O)N1CC(NC(=O)c2cnc(CNc3nc([SiH](C)C)c(Cl)cc3O)n2C)C1. The van der Waals surface area contributed by atoms with Crippen molar-refractivity contribution in [3.8, 4) is 5.75 Å². The number of halogens is 1. The first-order valence-electron chi connectivity index (χ1n) is 9.57. The van der Waals surface area contributed by atoms with Crippen LogP contribution < -0.4 is 16.0 Å². The summed E-state index contributed by atoms with van der Waals surface area (Å²) in [5, 5.41) is 17.4. The first-order chi connectivity index (χ1) is 14.2. The van der Waals surface area contributed by atoms with E-state index in [0.29, 0.717) is 35.4 Å². The number of nitrogens with zero attached hydrogens (tertiary/aromatic N) is 4. The molecular formula is C19H25ClN6O3Si. The lowest BCUT2D eigenvalue weighted by atomic mass is 10.1. The van der Waals surface area contributed by atoms with Crippen LogP contribution in [0, 0.1) is 0 Å². The third-order valence-electron chi connectivity index (χ3n) is 4.96. The Kier molecular flexibility index (Phi) is 6.47. The van der Waals surface area contributed by atoms with Gasteiger partial charge in [-0.25, -0.2) is 9.97 Å². The molecule has 0 radical (unpaired) electrons. The smallest absolute Gasteiger partial charge is 0.269 e. The lowest BCUT2D eigenvalue weighted by Gasteiger charge is -2.38. The van der Waals surface area contributed by atoms with Crippen molar-refractivity contribution in [1.82, 2.24) is 24.8 Å². The molecule has 1 saturated heterocycles. The molecule has 0 atom stereocenters. The van der Waals surface area contributed by atoms with Gasteiger partial charge in [-0.05, 0) is 6.08 Å². The summed E-state index contributed by atoms with van der Waals surface area (Å²) in [4.78, 5) is 34.4. The van der Waals surface area contributed by atoms with E-state index in [2.05, 4.69) is 40.3 Å². The minimum absolute atomic E-state index is 0.0332. The molecule has 3 heterocycles. The summed E-state index contributed by atoms with van der Waals surface area (Å²) in [6.07, 6.45) is 2.76. The van der Waals surface area contributed by atoms with Crippen molar-refractivity contribution >= 4 is 43.3 Å². The van der Waals surface area contributed by atoms with Crippen LogP contribution in [0.3, 0.4) is 0 Å². The van der Waals surface area contributed by atoms with Crippen LogP contribution in [0.1, 0.15) is 16.3 Å². The Balaban J connectivity index is 1.62. The predicted molar refractivity (Wildman–Crippen MR) is 118 cm³/mol. The minimum atomic E-state index is -1.26. The molecule has 0 aliphatic carbocycles. The van der Waals surface area contributed by atoms with E-state index in [4.69, 9.17) is 11.6 Å². The Hall–Kier alpha value is -2.85. The molecule has 11 heteroatoms. The zero-order valence-corrected chi connectivity index (χ0v) is 19.1. The number of amides is 2. The molecule has 0 spiro atoms. The quantitative estimate of drug-likeness (QED) is 0.422. The average Bonchev–Trinajstić information content (AvgIpc) is 3.03. The largest absolute Gasteiger partial charge is 0.504 e. The van der Waals surface area contributed by atoms with E-state index in [1.807, 2.05) is 0 Å². The highest BCUT2D eigenvalue weighted by Gasteiger charge is 2.31. The van der Waals surface area contributed by atoms with E-state index < -0.39 is 8.80 Å². The van der Waals surface area contributed by atoms with Crippen molar-refractivity contribution in [3.63, 3.8) is 0 Å². The molecular weight excluding hydrogens is 424 g/mol. The first-order valence-corrected chi connectivity index (χ1v) is 12.8. The molecule has 0 bridgehead atoms. The third-order valence-corrected chi connectivity index (χ3v) is 6.98. The monoisotopic (exact) mass is 448 g/mol. The number of carbonyl (C=O) groups excluding carboxylic acids is 2. The van der Waals surface area contributed by atoms with Crippen molar-refractivity contribution in [2.75, 3.05) is 18.4 Å². The molecule has 160 valence electrons. The second kappa shape index (κ2) is 8.88. The van der Waals surface area contributed by atoms with Gasteiger partial charge in [0.2, 0.25) is 5.91 Å². The summed E-state index contributed by atoms with van der Waals surface area (Å²) in [5.74, 6) is 0.515. The van der Waals surface area contributed by atoms with Crippen LogP contribution in [-0.2, 0) is 18.4 Å². The van der Waals surface area contributed by atoms with Gasteiger partial charge in [0, 0.05) is 31.5 Å². The van der Waals surface area contributed by atoms with Crippen molar-refractivity contribution in [1.29, 1.82) is 0 Å². The summed E-state index contributed by atoms with van der Waals surface area (Å²) in [6.45, 7) is 8.86. The maximum atomic E-state index is 12.5. The Morgan fingerprint density at radius 3 is 2.77 bits per heavy atom. The molecule has 3 N–H and O–H groups in total. The van der Waals surface area contributed by atoms with Gasteiger partial charge in [-0.15, -0.1) is 0 Å². The first kappa shape index (κ1) is 21.8. The Bertz CT molecular complexity index is 987. The van der Waals surface area contributed by atoms with Crippen LogP contribution >= 0.6 is 11.6 Å². The molecule has 1 fully saturated rings. The molecule has 30 heavy (non-hydrogen) atoms. The van der Waals surface area contributed by atoms with Crippen LogP contribution in [0.4, 0.5) is 5.82 Å². The van der Waals surface area contributed by atoms with Crippen molar-refractivity contribution in [2.45, 2.75) is 25.7 Å². The van der Waals surface area contributed by atoms with E-state index in [-0.39, 0.29) is 30.2 Å². The molecule has 0 unspecified atom stereocenters. The van der Waals surface area contributed by atoms with E-state index in [9.17, 15) is 14.7 Å². The van der Waals surface area contributed by atoms with Gasteiger partial charge in [0.15, 0.2) is 11.6 Å². The Morgan fingerprint density at radius 2 is 2.13 bits per heavy atom. The van der Waals surface area contributed by atoms with Crippen LogP contribution in [0.2, 0.25) is 18.1 Å². The number of anilines is 1. The molecule has 2 aromatic heterocycles. The molecule has 1 aliphatic rings. The van der Waals surface area contributed by atoms with Crippen LogP contribution in [-0.4, -0.2) is 64.3 Å². The normalized spacial score (nSPS) is 13.8. The van der Waals surface area contributed by atoms with E-state index in [1.54, 1.807) is 16.5 Å². The minimum Gasteiger partial charge on any atom is -0.504 e. The molecule has 2 amide bonds. The van der Waals surface area contributed by atoms with Gasteiger partial charge in [0.25, 0.3) is 5.91 Å². The van der Waals surface area contributed by atoms with Gasteiger partial charge >= 0.3 is 0 Å². The fourth-order valence-electron chi connectivity index (χ4n) is 3.15. The van der Waals surface area contributed by atoms with Gasteiger partial charge in [-0.1, -0.05) is 31.3 Å². The fourth-order valence-corrected chi connectivity index (χ4v) is 4.97. The number of aromatic hydroxyl groups is 1. The lowest BCUT2D eigenvalue weighted by molar-refractivity contribution is -0.130.